The van der Waals surface area contributed by atoms with Crippen LogP contribution in [0.15, 0.2) is 42.4 Å². The predicted octanol–water partition coefficient (Wildman–Crippen LogP) is -1.11. The van der Waals surface area contributed by atoms with E-state index in [0.29, 0.717) is 11.2 Å². The van der Waals surface area contributed by atoms with Crippen molar-refractivity contribution in [3.05, 3.63) is 48.1 Å². The Bertz CT molecular complexity index is 2450. The zero-order valence-corrected chi connectivity index (χ0v) is 31.7. The number of ether oxygens (including phenoxy) is 3. The van der Waals surface area contributed by atoms with Gasteiger partial charge in [-0.3, -0.25) is 31.8 Å². The van der Waals surface area contributed by atoms with Gasteiger partial charge in [-0.1, -0.05) is 0 Å². The number of imidazole rings is 2. The van der Waals surface area contributed by atoms with Crippen molar-refractivity contribution in [1.29, 1.82) is 0 Å². The number of phosphoric ester groups is 2. The second-order valence-electron chi connectivity index (χ2n) is 13.4. The normalized spacial score (nSPS) is 29.6. The smallest absolute Gasteiger partial charge is 0.394 e. The van der Waals surface area contributed by atoms with Crippen LogP contribution in [0.1, 0.15) is 37.9 Å². The number of rotatable bonds is 14. The molecule has 8 rings (SSSR count). The number of aliphatic hydroxyl groups excluding tert-OH is 2. The van der Waals surface area contributed by atoms with Crippen LogP contribution < -0.4 is 22.9 Å². The summed E-state index contributed by atoms with van der Waals surface area (Å²) in [6.45, 7) is -1.96. The molecule has 3 saturated heterocycles. The SMILES string of the molecule is Nc1ccn([C@H]2C[C@H](O)[C@@H](COP(=O)(O)O[C@H]3C[C@H](n4cnc5c(N)ncnc54)O[C@@H]3COP(=O)(O)O[C@H]3C[C@H](n4cnc5c(N)ncnc54)O[C@@H]3CO)O2)c(=O)n1. The van der Waals surface area contributed by atoms with Gasteiger partial charge in [0.15, 0.2) is 22.9 Å². The third-order valence-electron chi connectivity index (χ3n) is 9.64. The summed E-state index contributed by atoms with van der Waals surface area (Å²) in [5.74, 6) is 0.197. The van der Waals surface area contributed by atoms with Crippen molar-refractivity contribution in [3.63, 3.8) is 0 Å². The van der Waals surface area contributed by atoms with Gasteiger partial charge in [-0.2, -0.15) is 4.98 Å². The second-order valence-corrected chi connectivity index (χ2v) is 16.2. The van der Waals surface area contributed by atoms with Gasteiger partial charge in [-0.15, -0.1) is 0 Å². The molecule has 11 atom stereocenters. The van der Waals surface area contributed by atoms with Crippen molar-refractivity contribution >= 4 is 55.4 Å². The van der Waals surface area contributed by atoms with Gasteiger partial charge in [0, 0.05) is 25.5 Å². The summed E-state index contributed by atoms with van der Waals surface area (Å²) in [7, 11) is -9.98. The van der Waals surface area contributed by atoms with E-state index in [4.69, 9.17) is 49.5 Å². The molecule has 0 bridgehead atoms. The average molecular weight is 854 g/mol. The highest BCUT2D eigenvalue weighted by Crippen LogP contribution is 2.52. The standard InChI is InChI=1S/C29H37N13O14P2/c30-19-1-2-40(29(45)39-19)20-3-13(44)17(53-20)7-50-57(46,47)56-15-5-22(42-12-38-24-26(32)34-10-36-28(24)42)54-18(15)8-51-58(48,49)55-14-4-21(52-16(14)6-43)41-11-37-23-25(31)33-9-35-27(23)41/h1-2,9-18,20-22,43-44H,3-8H2,(H,46,47)(H,48,49)(H2,30,39,45)(H2,31,33,35)(H2,32,34,36)/t13-,14-,15-,16+,17+,18+,20+,21+,22+/m0/s1. The van der Waals surface area contributed by atoms with Gasteiger partial charge in [0.25, 0.3) is 0 Å². The molecule has 3 fully saturated rings. The minimum Gasteiger partial charge on any atom is -0.394 e. The Labute approximate surface area is 324 Å². The van der Waals surface area contributed by atoms with Crippen molar-refractivity contribution in [2.45, 2.75) is 74.6 Å². The second kappa shape index (κ2) is 15.9. The van der Waals surface area contributed by atoms with Gasteiger partial charge in [0.1, 0.15) is 78.7 Å². The van der Waals surface area contributed by atoms with E-state index in [2.05, 4.69) is 34.9 Å². The lowest BCUT2D eigenvalue weighted by Crippen LogP contribution is -2.31. The van der Waals surface area contributed by atoms with Crippen molar-refractivity contribution in [1.82, 2.24) is 48.6 Å². The third kappa shape index (κ3) is 8.17. The number of nitrogens with zero attached hydrogens (tertiary/aromatic N) is 10. The molecular weight excluding hydrogens is 816 g/mol. The fourth-order valence-electron chi connectivity index (χ4n) is 6.86. The summed E-state index contributed by atoms with van der Waals surface area (Å²) in [6.07, 6.45) is -3.81. The highest BCUT2D eigenvalue weighted by atomic mass is 31.2. The van der Waals surface area contributed by atoms with E-state index in [1.54, 1.807) is 0 Å². The van der Waals surface area contributed by atoms with E-state index in [-0.39, 0.29) is 47.9 Å². The molecule has 29 heteroatoms. The van der Waals surface area contributed by atoms with Gasteiger partial charge in [-0.25, -0.2) is 43.8 Å². The lowest BCUT2D eigenvalue weighted by molar-refractivity contribution is -0.0605. The maximum Gasteiger partial charge on any atom is 0.472 e. The average Bonchev–Trinajstić information content (AvgIpc) is 4.01. The largest absolute Gasteiger partial charge is 0.472 e. The lowest BCUT2D eigenvalue weighted by Gasteiger charge is -2.24. The third-order valence-corrected chi connectivity index (χ3v) is 11.7. The Morgan fingerprint density at radius 1 is 0.724 bits per heavy atom. The number of hydrogen-bond acceptors (Lipinski definition) is 22. The Morgan fingerprint density at radius 2 is 1.22 bits per heavy atom. The lowest BCUT2D eigenvalue weighted by atomic mass is 10.2. The Morgan fingerprint density at radius 3 is 1.78 bits per heavy atom. The maximum absolute atomic E-state index is 13.4. The number of aliphatic hydroxyl groups is 2. The molecule has 27 nitrogen and oxygen atoms in total. The van der Waals surface area contributed by atoms with Crippen LogP contribution in [0.2, 0.25) is 0 Å². The summed E-state index contributed by atoms with van der Waals surface area (Å²) in [4.78, 5) is 62.2. The molecule has 3 aliphatic heterocycles. The quantitative estimate of drug-likeness (QED) is 0.0651. The number of aromatic nitrogens is 10. The van der Waals surface area contributed by atoms with E-state index in [1.807, 2.05) is 0 Å². The Kier molecular flexibility index (Phi) is 11.0. The molecule has 0 saturated carbocycles. The summed E-state index contributed by atoms with van der Waals surface area (Å²) in [5, 5.41) is 20.6. The number of hydrogen-bond donors (Lipinski definition) is 7. The van der Waals surface area contributed by atoms with Crippen molar-refractivity contribution < 1.29 is 61.4 Å². The molecule has 5 aromatic rings. The van der Waals surface area contributed by atoms with Crippen LogP contribution in [0.25, 0.3) is 22.3 Å². The fraction of sp³-hybridized carbons (Fsp3) is 0.517. The number of nitrogen functional groups attached to an aromatic ring is 3. The van der Waals surface area contributed by atoms with Gasteiger partial charge < -0.3 is 51.4 Å². The number of nitrogens with two attached hydrogens (primary N) is 3. The van der Waals surface area contributed by atoms with Crippen LogP contribution in [-0.2, 0) is 41.4 Å². The molecule has 312 valence electrons. The molecule has 0 aliphatic carbocycles. The summed E-state index contributed by atoms with van der Waals surface area (Å²) >= 11 is 0. The van der Waals surface area contributed by atoms with Crippen molar-refractivity contribution in [2.75, 3.05) is 37.0 Å². The molecule has 0 amide bonds. The van der Waals surface area contributed by atoms with Crippen LogP contribution in [-0.4, -0.2) is 125 Å². The Balaban J connectivity index is 0.945. The molecule has 8 heterocycles. The van der Waals surface area contributed by atoms with Gasteiger partial charge >= 0.3 is 21.3 Å². The molecule has 0 spiro atoms. The zero-order valence-electron chi connectivity index (χ0n) is 29.9. The molecule has 0 aromatic carbocycles. The first-order valence-corrected chi connectivity index (χ1v) is 20.4. The fourth-order valence-corrected chi connectivity index (χ4v) is 8.78. The summed E-state index contributed by atoms with van der Waals surface area (Å²) < 4.78 is 70.0. The molecule has 10 N–H and O–H groups in total. The van der Waals surface area contributed by atoms with Crippen molar-refractivity contribution in [2.24, 2.45) is 0 Å². The van der Waals surface area contributed by atoms with E-state index >= 15 is 0 Å². The van der Waals surface area contributed by atoms with E-state index in [1.165, 1.54) is 46.7 Å². The van der Waals surface area contributed by atoms with Crippen LogP contribution in [0, 0.1) is 0 Å². The first kappa shape index (κ1) is 40.2. The van der Waals surface area contributed by atoms with E-state index < -0.39 is 96.5 Å². The number of anilines is 3. The predicted molar refractivity (Wildman–Crippen MR) is 192 cm³/mol. The van der Waals surface area contributed by atoms with E-state index in [9.17, 15) is 33.9 Å². The van der Waals surface area contributed by atoms with Gasteiger partial charge in [0.2, 0.25) is 0 Å². The minimum atomic E-state index is -5.00. The van der Waals surface area contributed by atoms with Gasteiger partial charge in [0.05, 0.1) is 38.6 Å². The van der Waals surface area contributed by atoms with Crippen LogP contribution in [0.3, 0.4) is 0 Å². The molecule has 2 unspecified atom stereocenters. The van der Waals surface area contributed by atoms with E-state index in [0.717, 1.165) is 4.57 Å². The molecule has 58 heavy (non-hydrogen) atoms. The highest BCUT2D eigenvalue weighted by Gasteiger charge is 2.46. The molecule has 0 radical (unpaired) electrons. The molecule has 3 aliphatic rings. The first-order chi connectivity index (χ1) is 27.7. The number of phosphoric acid groups is 2. The molecule has 5 aromatic heterocycles. The zero-order chi connectivity index (χ0) is 40.9. The summed E-state index contributed by atoms with van der Waals surface area (Å²) in [6, 6.07) is 1.37. The topological polar surface area (TPSA) is 380 Å². The maximum atomic E-state index is 13.4. The Hall–Kier alpha value is -4.60. The van der Waals surface area contributed by atoms with Crippen LogP contribution in [0.5, 0.6) is 0 Å². The number of fused-ring (bicyclic) bond motifs is 2. The van der Waals surface area contributed by atoms with Crippen LogP contribution >= 0.6 is 15.6 Å². The molecular formula is C29H37N13O14P2. The summed E-state index contributed by atoms with van der Waals surface area (Å²) in [5.41, 5.74) is 17.8. The first-order valence-electron chi connectivity index (χ1n) is 17.5. The minimum absolute atomic E-state index is 0.0110. The van der Waals surface area contributed by atoms with Crippen molar-refractivity contribution in [3.8, 4) is 0 Å². The monoisotopic (exact) mass is 853 g/mol. The van der Waals surface area contributed by atoms with Crippen LogP contribution in [0.4, 0.5) is 17.5 Å². The van der Waals surface area contributed by atoms with Gasteiger partial charge in [-0.05, 0) is 6.07 Å². The highest BCUT2D eigenvalue weighted by molar-refractivity contribution is 7.47.